The van der Waals surface area contributed by atoms with E-state index in [-0.39, 0.29) is 17.2 Å². The molecule has 0 bridgehead atoms. The first-order chi connectivity index (χ1) is 13.1. The van der Waals surface area contributed by atoms with Gasteiger partial charge in [0.05, 0.1) is 0 Å². The number of carbonyl (C=O) groups excluding carboxylic acids is 2. The Labute approximate surface area is 159 Å². The molecule has 0 unspecified atom stereocenters. The third-order valence-corrected chi connectivity index (χ3v) is 5.91. The lowest BCUT2D eigenvalue weighted by molar-refractivity contribution is -0.138. The summed E-state index contributed by atoms with van der Waals surface area (Å²) in [5.41, 5.74) is 1.68. The zero-order valence-corrected chi connectivity index (χ0v) is 15.7. The third kappa shape index (κ3) is 3.46. The van der Waals surface area contributed by atoms with Crippen molar-refractivity contribution < 1.29 is 9.59 Å². The first kappa shape index (κ1) is 17.7. The summed E-state index contributed by atoms with van der Waals surface area (Å²) in [6.07, 6.45) is 6.84. The summed E-state index contributed by atoms with van der Waals surface area (Å²) in [5, 5.41) is 7.61. The van der Waals surface area contributed by atoms with E-state index in [0.717, 1.165) is 51.1 Å². The van der Waals surface area contributed by atoms with E-state index < -0.39 is 0 Å². The fraction of sp³-hybridized carbons (Fsp3) is 0.500. The molecular formula is C20H25N5O2. The molecular weight excluding hydrogens is 342 g/mol. The maximum Gasteiger partial charge on any atom is 0.253 e. The van der Waals surface area contributed by atoms with E-state index >= 15 is 0 Å². The second kappa shape index (κ2) is 7.13. The van der Waals surface area contributed by atoms with Crippen LogP contribution in [0.15, 0.2) is 36.9 Å². The van der Waals surface area contributed by atoms with Crippen molar-refractivity contribution in [3.63, 3.8) is 0 Å². The molecule has 1 atom stereocenters. The summed E-state index contributed by atoms with van der Waals surface area (Å²) < 4.78 is 1.81. The average molecular weight is 367 g/mol. The van der Waals surface area contributed by atoms with E-state index in [9.17, 15) is 9.59 Å². The van der Waals surface area contributed by atoms with Crippen molar-refractivity contribution in [3.8, 4) is 5.69 Å². The Morgan fingerprint density at radius 1 is 1.11 bits per heavy atom. The first-order valence-electron chi connectivity index (χ1n) is 9.62. The highest BCUT2D eigenvalue weighted by molar-refractivity contribution is 5.94. The van der Waals surface area contributed by atoms with E-state index in [2.05, 4.69) is 10.2 Å². The van der Waals surface area contributed by atoms with Crippen LogP contribution in [0.1, 0.15) is 43.0 Å². The van der Waals surface area contributed by atoms with Gasteiger partial charge in [-0.1, -0.05) is 0 Å². The lowest BCUT2D eigenvalue weighted by atomic mass is 9.73. The van der Waals surface area contributed by atoms with Crippen LogP contribution in [0.5, 0.6) is 0 Å². The number of piperidine rings is 2. The van der Waals surface area contributed by atoms with Gasteiger partial charge in [0.1, 0.15) is 12.7 Å². The van der Waals surface area contributed by atoms with Gasteiger partial charge in [0.15, 0.2) is 0 Å². The zero-order chi connectivity index (χ0) is 18.9. The summed E-state index contributed by atoms with van der Waals surface area (Å²) in [6.45, 7) is 5.08. The molecule has 1 spiro atoms. The van der Waals surface area contributed by atoms with Crippen LogP contribution >= 0.6 is 0 Å². The predicted molar refractivity (Wildman–Crippen MR) is 100 cm³/mol. The third-order valence-electron chi connectivity index (χ3n) is 5.91. The Balaban J connectivity index is 1.48. The molecule has 0 radical (unpaired) electrons. The van der Waals surface area contributed by atoms with Crippen molar-refractivity contribution >= 4 is 11.8 Å². The van der Waals surface area contributed by atoms with E-state index in [1.807, 2.05) is 45.6 Å². The van der Waals surface area contributed by atoms with Crippen molar-refractivity contribution in [2.45, 2.75) is 32.6 Å². The number of hydrogen-bond acceptors (Lipinski definition) is 4. The molecule has 7 heteroatoms. The molecule has 0 saturated carbocycles. The lowest BCUT2D eigenvalue weighted by Crippen LogP contribution is -2.55. The Morgan fingerprint density at radius 2 is 1.85 bits per heavy atom. The Bertz CT molecular complexity index is 817. The van der Waals surface area contributed by atoms with Crippen LogP contribution in [-0.4, -0.2) is 62.6 Å². The molecule has 1 aromatic heterocycles. The Kier molecular flexibility index (Phi) is 4.68. The van der Waals surface area contributed by atoms with Gasteiger partial charge in [0.2, 0.25) is 5.91 Å². The molecule has 2 fully saturated rings. The number of hydrogen-bond donors (Lipinski definition) is 0. The molecule has 0 N–H and O–H groups in total. The van der Waals surface area contributed by atoms with Crippen LogP contribution in [-0.2, 0) is 4.79 Å². The summed E-state index contributed by atoms with van der Waals surface area (Å²) in [7, 11) is 0. The van der Waals surface area contributed by atoms with Crippen molar-refractivity contribution in [3.05, 3.63) is 42.5 Å². The SMILES string of the molecule is CCN1C[C@@]2(CCCN(C(=O)c3ccc(-n4cnnc4)cc3)C2)CCC1=O. The summed E-state index contributed by atoms with van der Waals surface area (Å²) in [4.78, 5) is 29.0. The number of rotatable bonds is 3. The van der Waals surface area contributed by atoms with Crippen molar-refractivity contribution in [2.75, 3.05) is 26.2 Å². The van der Waals surface area contributed by atoms with Gasteiger partial charge in [0, 0.05) is 49.3 Å². The van der Waals surface area contributed by atoms with E-state index in [1.165, 1.54) is 0 Å². The van der Waals surface area contributed by atoms with Gasteiger partial charge in [-0.25, -0.2) is 0 Å². The fourth-order valence-electron chi connectivity index (χ4n) is 4.40. The minimum atomic E-state index is 0.0558. The van der Waals surface area contributed by atoms with Crippen LogP contribution in [0, 0.1) is 5.41 Å². The van der Waals surface area contributed by atoms with E-state index in [4.69, 9.17) is 0 Å². The molecule has 7 nitrogen and oxygen atoms in total. The van der Waals surface area contributed by atoms with Gasteiger partial charge in [-0.3, -0.25) is 14.2 Å². The molecule has 2 amide bonds. The smallest absolute Gasteiger partial charge is 0.253 e. The standard InChI is InChI=1S/C20H25N5O2/c1-2-23-12-20(10-8-18(23)26)9-3-11-24(13-20)19(27)16-4-6-17(7-5-16)25-14-21-22-15-25/h4-7,14-15H,2-3,8-13H2,1H3/t20-/m1/s1. The molecule has 27 heavy (non-hydrogen) atoms. The monoisotopic (exact) mass is 367 g/mol. The molecule has 2 aromatic rings. The number of nitrogens with zero attached hydrogens (tertiary/aromatic N) is 5. The largest absolute Gasteiger partial charge is 0.342 e. The normalized spacial score (nSPS) is 23.1. The second-order valence-corrected chi connectivity index (χ2v) is 7.65. The molecule has 2 aliphatic heterocycles. The summed E-state index contributed by atoms with van der Waals surface area (Å²) in [6, 6.07) is 7.55. The maximum absolute atomic E-state index is 13.1. The molecule has 4 rings (SSSR count). The molecule has 2 saturated heterocycles. The molecule has 0 aliphatic carbocycles. The Morgan fingerprint density at radius 3 is 2.56 bits per heavy atom. The fourth-order valence-corrected chi connectivity index (χ4v) is 4.40. The second-order valence-electron chi connectivity index (χ2n) is 7.65. The molecule has 142 valence electrons. The Hall–Kier alpha value is -2.70. The topological polar surface area (TPSA) is 71.3 Å². The van der Waals surface area contributed by atoms with Gasteiger partial charge in [-0.15, -0.1) is 10.2 Å². The first-order valence-corrected chi connectivity index (χ1v) is 9.62. The van der Waals surface area contributed by atoms with Gasteiger partial charge < -0.3 is 9.80 Å². The van der Waals surface area contributed by atoms with Crippen LogP contribution < -0.4 is 0 Å². The van der Waals surface area contributed by atoms with Crippen LogP contribution in [0.25, 0.3) is 5.69 Å². The van der Waals surface area contributed by atoms with Crippen LogP contribution in [0.3, 0.4) is 0 Å². The molecule has 2 aliphatic rings. The number of benzene rings is 1. The van der Waals surface area contributed by atoms with Gasteiger partial charge in [-0.05, 0) is 50.5 Å². The highest BCUT2D eigenvalue weighted by Crippen LogP contribution is 2.39. The zero-order valence-electron chi connectivity index (χ0n) is 15.7. The highest BCUT2D eigenvalue weighted by Gasteiger charge is 2.42. The molecule has 1 aromatic carbocycles. The maximum atomic E-state index is 13.1. The van der Waals surface area contributed by atoms with Gasteiger partial charge in [-0.2, -0.15) is 0 Å². The number of carbonyl (C=O) groups is 2. The number of likely N-dealkylation sites (tertiary alicyclic amines) is 2. The average Bonchev–Trinajstić information content (AvgIpc) is 3.25. The quantitative estimate of drug-likeness (QED) is 0.833. The molecule has 3 heterocycles. The van der Waals surface area contributed by atoms with E-state index in [1.54, 1.807) is 12.7 Å². The minimum absolute atomic E-state index is 0.0558. The van der Waals surface area contributed by atoms with Gasteiger partial charge >= 0.3 is 0 Å². The van der Waals surface area contributed by atoms with Crippen LogP contribution in [0.2, 0.25) is 0 Å². The van der Waals surface area contributed by atoms with Gasteiger partial charge in [0.25, 0.3) is 5.91 Å². The minimum Gasteiger partial charge on any atom is -0.342 e. The number of amides is 2. The predicted octanol–water partition coefficient (Wildman–Crippen LogP) is 2.13. The highest BCUT2D eigenvalue weighted by atomic mass is 16.2. The lowest BCUT2D eigenvalue weighted by Gasteiger charge is -2.48. The van der Waals surface area contributed by atoms with Crippen molar-refractivity contribution in [2.24, 2.45) is 5.41 Å². The summed E-state index contributed by atoms with van der Waals surface area (Å²) >= 11 is 0. The van der Waals surface area contributed by atoms with Crippen molar-refractivity contribution in [1.82, 2.24) is 24.6 Å². The van der Waals surface area contributed by atoms with Crippen LogP contribution in [0.4, 0.5) is 0 Å². The van der Waals surface area contributed by atoms with Crippen molar-refractivity contribution in [1.29, 1.82) is 0 Å². The van der Waals surface area contributed by atoms with E-state index in [0.29, 0.717) is 12.0 Å². The number of aromatic nitrogens is 3. The summed E-state index contributed by atoms with van der Waals surface area (Å²) in [5.74, 6) is 0.320.